The summed E-state index contributed by atoms with van der Waals surface area (Å²) in [4.78, 5) is 0. The predicted molar refractivity (Wildman–Crippen MR) is 73.3 cm³/mol. The van der Waals surface area contributed by atoms with Gasteiger partial charge in [-0.1, -0.05) is 18.2 Å². The van der Waals surface area contributed by atoms with Gasteiger partial charge in [0.25, 0.3) is 0 Å². The van der Waals surface area contributed by atoms with Crippen LogP contribution in [0, 0.1) is 5.82 Å². The Kier molecular flexibility index (Phi) is 3.34. The molecule has 1 aromatic heterocycles. The van der Waals surface area contributed by atoms with Crippen molar-refractivity contribution in [3.63, 3.8) is 0 Å². The second-order valence-corrected chi connectivity index (χ2v) is 4.97. The summed E-state index contributed by atoms with van der Waals surface area (Å²) in [6.07, 6.45) is 3.97. The predicted octanol–water partition coefficient (Wildman–Crippen LogP) is 2.53. The van der Waals surface area contributed by atoms with Gasteiger partial charge in [0.05, 0.1) is 5.69 Å². The fourth-order valence-electron chi connectivity index (χ4n) is 2.83. The van der Waals surface area contributed by atoms with Crippen molar-refractivity contribution in [2.45, 2.75) is 32.2 Å². The Labute approximate surface area is 112 Å². The van der Waals surface area contributed by atoms with E-state index in [0.29, 0.717) is 18.5 Å². The van der Waals surface area contributed by atoms with Crippen molar-refractivity contribution in [3.05, 3.63) is 41.5 Å². The molecular weight excluding hydrogens is 241 g/mol. The van der Waals surface area contributed by atoms with Crippen LogP contribution in [0.2, 0.25) is 0 Å². The number of hydrogen-bond acceptors (Lipinski definition) is 2. The van der Waals surface area contributed by atoms with Crippen molar-refractivity contribution < 1.29 is 4.39 Å². The average molecular weight is 259 g/mol. The van der Waals surface area contributed by atoms with Crippen LogP contribution in [0.5, 0.6) is 0 Å². The van der Waals surface area contributed by atoms with Gasteiger partial charge < -0.3 is 5.73 Å². The van der Waals surface area contributed by atoms with Gasteiger partial charge in [0.15, 0.2) is 0 Å². The highest BCUT2D eigenvalue weighted by Gasteiger charge is 2.22. The molecule has 4 heteroatoms. The van der Waals surface area contributed by atoms with E-state index in [4.69, 9.17) is 5.73 Å². The molecule has 0 saturated carbocycles. The molecule has 2 N–H and O–H groups in total. The number of fused-ring (bicyclic) bond motifs is 1. The van der Waals surface area contributed by atoms with Crippen LogP contribution in [0.4, 0.5) is 4.39 Å². The van der Waals surface area contributed by atoms with E-state index in [-0.39, 0.29) is 5.82 Å². The van der Waals surface area contributed by atoms with Gasteiger partial charge in [-0.25, -0.2) is 4.39 Å². The van der Waals surface area contributed by atoms with Crippen molar-refractivity contribution >= 4 is 0 Å². The Bertz CT molecular complexity index is 589. The summed E-state index contributed by atoms with van der Waals surface area (Å²) in [7, 11) is 0. The highest BCUT2D eigenvalue weighted by molar-refractivity contribution is 5.69. The Morgan fingerprint density at radius 3 is 2.89 bits per heavy atom. The topological polar surface area (TPSA) is 43.8 Å². The van der Waals surface area contributed by atoms with Gasteiger partial charge in [0.2, 0.25) is 0 Å². The molecular formula is C15H18FN3. The van der Waals surface area contributed by atoms with E-state index in [0.717, 1.165) is 37.1 Å². The molecule has 0 atom stereocenters. The smallest absolute Gasteiger partial charge is 0.131 e. The first-order valence-electron chi connectivity index (χ1n) is 6.85. The zero-order valence-electron chi connectivity index (χ0n) is 10.9. The van der Waals surface area contributed by atoms with Crippen molar-refractivity contribution in [2.75, 3.05) is 6.54 Å². The zero-order chi connectivity index (χ0) is 13.2. The van der Waals surface area contributed by atoms with Gasteiger partial charge >= 0.3 is 0 Å². The van der Waals surface area contributed by atoms with Gasteiger partial charge in [-0.15, -0.1) is 0 Å². The largest absolute Gasteiger partial charge is 0.330 e. The van der Waals surface area contributed by atoms with E-state index >= 15 is 0 Å². The number of nitrogens with zero attached hydrogens (tertiary/aromatic N) is 2. The lowest BCUT2D eigenvalue weighted by Gasteiger charge is -2.15. The molecule has 0 spiro atoms. The van der Waals surface area contributed by atoms with Crippen LogP contribution in [0.1, 0.15) is 24.2 Å². The highest BCUT2D eigenvalue weighted by atomic mass is 19.1. The van der Waals surface area contributed by atoms with E-state index in [9.17, 15) is 4.39 Å². The molecule has 0 bridgehead atoms. The van der Waals surface area contributed by atoms with Gasteiger partial charge in [-0.05, 0) is 31.9 Å². The molecule has 0 amide bonds. The Morgan fingerprint density at radius 1 is 1.26 bits per heavy atom. The Hall–Kier alpha value is -1.68. The molecule has 0 radical (unpaired) electrons. The molecule has 0 aliphatic carbocycles. The lowest BCUT2D eigenvalue weighted by molar-refractivity contribution is 0.483. The standard InChI is InChI=1S/C15H18FN3/c16-12-6-2-1-5-11(12)15-13(8-9-17)18-19-10-4-3-7-14(15)19/h1-2,5-6H,3-4,7-10,17H2. The summed E-state index contributed by atoms with van der Waals surface area (Å²) in [5.74, 6) is -0.179. The number of hydrogen-bond donors (Lipinski definition) is 1. The first-order valence-corrected chi connectivity index (χ1v) is 6.85. The summed E-state index contributed by atoms with van der Waals surface area (Å²) in [6.45, 7) is 1.47. The van der Waals surface area contributed by atoms with Crippen LogP contribution < -0.4 is 5.73 Å². The molecule has 1 aliphatic rings. The maximum absolute atomic E-state index is 14.1. The van der Waals surface area contributed by atoms with Crippen LogP contribution in [-0.2, 0) is 19.4 Å². The average Bonchev–Trinajstić information content (AvgIpc) is 2.78. The summed E-state index contributed by atoms with van der Waals surface area (Å²) in [5.41, 5.74) is 9.40. The van der Waals surface area contributed by atoms with Gasteiger partial charge in [0.1, 0.15) is 5.82 Å². The van der Waals surface area contributed by atoms with Gasteiger partial charge in [-0.3, -0.25) is 4.68 Å². The molecule has 0 unspecified atom stereocenters. The highest BCUT2D eigenvalue weighted by Crippen LogP contribution is 2.33. The molecule has 0 saturated heterocycles. The minimum atomic E-state index is -0.179. The number of aryl methyl sites for hydroxylation is 1. The van der Waals surface area contributed by atoms with E-state index in [1.165, 1.54) is 11.8 Å². The molecule has 3 rings (SSSR count). The molecule has 0 fully saturated rings. The Morgan fingerprint density at radius 2 is 2.11 bits per heavy atom. The summed E-state index contributed by atoms with van der Waals surface area (Å²) >= 11 is 0. The second kappa shape index (κ2) is 5.13. The quantitative estimate of drug-likeness (QED) is 0.920. The van der Waals surface area contributed by atoms with Crippen molar-refractivity contribution in [3.8, 4) is 11.1 Å². The third-order valence-corrected chi connectivity index (χ3v) is 3.69. The third-order valence-electron chi connectivity index (χ3n) is 3.69. The fourth-order valence-corrected chi connectivity index (χ4v) is 2.83. The zero-order valence-corrected chi connectivity index (χ0v) is 10.9. The summed E-state index contributed by atoms with van der Waals surface area (Å²) in [6, 6.07) is 6.94. The molecule has 2 heterocycles. The summed E-state index contributed by atoms with van der Waals surface area (Å²) < 4.78 is 16.1. The maximum Gasteiger partial charge on any atom is 0.131 e. The van der Waals surface area contributed by atoms with Crippen LogP contribution in [0.3, 0.4) is 0 Å². The first-order chi connectivity index (χ1) is 9.31. The normalized spacial score (nSPS) is 14.4. The Balaban J connectivity index is 2.18. The summed E-state index contributed by atoms with van der Waals surface area (Å²) in [5, 5.41) is 4.63. The number of benzene rings is 1. The molecule has 3 nitrogen and oxygen atoms in total. The SMILES string of the molecule is NCCc1nn2c(c1-c1ccccc1F)CCCC2. The molecule has 1 aromatic carbocycles. The number of nitrogens with two attached hydrogens (primary N) is 1. The van der Waals surface area contributed by atoms with Crippen molar-refractivity contribution in [1.29, 1.82) is 0 Å². The fraction of sp³-hybridized carbons (Fsp3) is 0.400. The molecule has 19 heavy (non-hydrogen) atoms. The lowest BCUT2D eigenvalue weighted by Crippen LogP contribution is -2.11. The minimum Gasteiger partial charge on any atom is -0.330 e. The second-order valence-electron chi connectivity index (χ2n) is 4.97. The van der Waals surface area contributed by atoms with Gasteiger partial charge in [-0.2, -0.15) is 5.10 Å². The van der Waals surface area contributed by atoms with Crippen LogP contribution in [0.15, 0.2) is 24.3 Å². The van der Waals surface area contributed by atoms with E-state index in [2.05, 4.69) is 5.10 Å². The molecule has 1 aliphatic heterocycles. The molecule has 2 aromatic rings. The first kappa shape index (κ1) is 12.4. The third kappa shape index (κ3) is 2.16. The van der Waals surface area contributed by atoms with Crippen LogP contribution in [0.25, 0.3) is 11.1 Å². The van der Waals surface area contributed by atoms with Crippen LogP contribution >= 0.6 is 0 Å². The van der Waals surface area contributed by atoms with Gasteiger partial charge in [0, 0.05) is 29.8 Å². The number of rotatable bonds is 3. The number of aromatic nitrogens is 2. The van der Waals surface area contributed by atoms with Crippen LogP contribution in [-0.4, -0.2) is 16.3 Å². The maximum atomic E-state index is 14.1. The monoisotopic (exact) mass is 259 g/mol. The van der Waals surface area contributed by atoms with E-state index in [1.54, 1.807) is 6.07 Å². The van der Waals surface area contributed by atoms with E-state index < -0.39 is 0 Å². The lowest BCUT2D eigenvalue weighted by atomic mass is 9.97. The van der Waals surface area contributed by atoms with Crippen molar-refractivity contribution in [2.24, 2.45) is 5.73 Å². The van der Waals surface area contributed by atoms with E-state index in [1.807, 2.05) is 16.8 Å². The molecule has 100 valence electrons. The minimum absolute atomic E-state index is 0.179. The number of halogens is 1. The van der Waals surface area contributed by atoms with Crippen molar-refractivity contribution in [1.82, 2.24) is 9.78 Å².